The molecule has 1 amide bonds. The van der Waals surface area contributed by atoms with Crippen molar-refractivity contribution in [1.29, 1.82) is 0 Å². The van der Waals surface area contributed by atoms with Crippen LogP contribution in [0.25, 0.3) is 0 Å². The summed E-state index contributed by atoms with van der Waals surface area (Å²) in [6.45, 7) is 3.85. The highest BCUT2D eigenvalue weighted by atomic mass is 32.2. The zero-order chi connectivity index (χ0) is 17.9. The van der Waals surface area contributed by atoms with Crippen LogP contribution in [0.15, 0.2) is 53.4 Å². The van der Waals surface area contributed by atoms with E-state index >= 15 is 0 Å². The minimum atomic E-state index is -3.52. The monoisotopic (exact) mass is 349 g/mol. The Morgan fingerprint density at radius 2 is 1.62 bits per heavy atom. The predicted molar refractivity (Wildman–Crippen MR) is 91.0 cm³/mol. The maximum absolute atomic E-state index is 13.1. The van der Waals surface area contributed by atoms with Crippen molar-refractivity contribution < 1.29 is 17.6 Å². The quantitative estimate of drug-likeness (QED) is 0.900. The molecule has 2 aromatic carbocycles. The lowest BCUT2D eigenvalue weighted by atomic mass is 9.95. The summed E-state index contributed by atoms with van der Waals surface area (Å²) in [5.41, 5.74) is 0.865. The Labute approximate surface area is 141 Å². The highest BCUT2D eigenvalue weighted by Gasteiger charge is 2.23. The zero-order valence-electron chi connectivity index (χ0n) is 13.8. The first-order chi connectivity index (χ1) is 11.2. The Balaban J connectivity index is 2.35. The number of carbonyl (C=O) groups is 1. The Morgan fingerprint density at radius 1 is 1.04 bits per heavy atom. The van der Waals surface area contributed by atoms with E-state index in [-0.39, 0.29) is 28.2 Å². The van der Waals surface area contributed by atoms with Crippen LogP contribution >= 0.6 is 0 Å². The molecule has 0 unspecified atom stereocenters. The fourth-order valence-corrected chi connectivity index (χ4v) is 3.39. The van der Waals surface area contributed by atoms with Crippen LogP contribution in [0.3, 0.4) is 0 Å². The number of halogens is 1. The summed E-state index contributed by atoms with van der Waals surface area (Å²) in [7, 11) is -3.52. The third kappa shape index (κ3) is 4.20. The third-order valence-corrected chi connectivity index (χ3v) is 4.87. The Kier molecular flexibility index (Phi) is 5.39. The van der Waals surface area contributed by atoms with E-state index in [2.05, 4.69) is 5.32 Å². The van der Waals surface area contributed by atoms with Gasteiger partial charge in [0.25, 0.3) is 5.91 Å². The summed E-state index contributed by atoms with van der Waals surface area (Å²) in [4.78, 5) is 12.6. The van der Waals surface area contributed by atoms with Crippen molar-refractivity contribution in [2.24, 2.45) is 5.92 Å². The molecule has 0 saturated heterocycles. The normalized spacial score (nSPS) is 12.9. The molecule has 2 rings (SSSR count). The molecule has 0 aliphatic heterocycles. The van der Waals surface area contributed by atoms with E-state index in [1.165, 1.54) is 24.3 Å². The van der Waals surface area contributed by atoms with Gasteiger partial charge in [-0.25, -0.2) is 12.8 Å². The van der Waals surface area contributed by atoms with Crippen molar-refractivity contribution in [2.45, 2.75) is 24.8 Å². The number of amides is 1. The summed E-state index contributed by atoms with van der Waals surface area (Å²) < 4.78 is 36.8. The Bertz CT molecular complexity index is 830. The predicted octanol–water partition coefficient (Wildman–Crippen LogP) is 3.36. The van der Waals surface area contributed by atoms with Gasteiger partial charge in [-0.2, -0.15) is 0 Å². The molecule has 0 bridgehead atoms. The number of hydrogen-bond donors (Lipinski definition) is 1. The van der Waals surface area contributed by atoms with Crippen LogP contribution in [0, 0.1) is 11.7 Å². The van der Waals surface area contributed by atoms with Crippen molar-refractivity contribution in [3.8, 4) is 0 Å². The highest BCUT2D eigenvalue weighted by Crippen LogP contribution is 2.23. The smallest absolute Gasteiger partial charge is 0.253 e. The van der Waals surface area contributed by atoms with Crippen molar-refractivity contribution in [3.63, 3.8) is 0 Å². The molecule has 4 nitrogen and oxygen atoms in total. The van der Waals surface area contributed by atoms with Gasteiger partial charge < -0.3 is 5.32 Å². The molecule has 0 spiro atoms. The van der Waals surface area contributed by atoms with Crippen LogP contribution in [-0.2, 0) is 9.84 Å². The number of rotatable bonds is 5. The molecule has 1 N–H and O–H groups in total. The van der Waals surface area contributed by atoms with E-state index in [1.54, 1.807) is 24.3 Å². The summed E-state index contributed by atoms with van der Waals surface area (Å²) in [6.07, 6.45) is 1.07. The minimum Gasteiger partial charge on any atom is -0.345 e. The molecule has 0 radical (unpaired) electrons. The molecule has 0 saturated carbocycles. The largest absolute Gasteiger partial charge is 0.345 e. The van der Waals surface area contributed by atoms with Gasteiger partial charge in [-0.15, -0.1) is 0 Å². The van der Waals surface area contributed by atoms with Gasteiger partial charge in [-0.1, -0.05) is 38.1 Å². The lowest BCUT2D eigenvalue weighted by Gasteiger charge is -2.23. The molecule has 2 aromatic rings. The Hall–Kier alpha value is -2.21. The summed E-state index contributed by atoms with van der Waals surface area (Å²) >= 11 is 0. The first kappa shape index (κ1) is 18.1. The highest BCUT2D eigenvalue weighted by molar-refractivity contribution is 7.90. The maximum atomic E-state index is 13.1. The molecule has 0 fully saturated rings. The van der Waals surface area contributed by atoms with Gasteiger partial charge in [0, 0.05) is 6.26 Å². The van der Waals surface area contributed by atoms with Crippen molar-refractivity contribution >= 4 is 15.7 Å². The van der Waals surface area contributed by atoms with Crippen molar-refractivity contribution in [1.82, 2.24) is 5.32 Å². The molecule has 6 heteroatoms. The Morgan fingerprint density at radius 3 is 2.17 bits per heavy atom. The second-order valence-corrected chi connectivity index (χ2v) is 8.00. The van der Waals surface area contributed by atoms with E-state index in [4.69, 9.17) is 0 Å². The van der Waals surface area contributed by atoms with Crippen LogP contribution in [-0.4, -0.2) is 20.6 Å². The van der Waals surface area contributed by atoms with Gasteiger partial charge in [0.2, 0.25) is 0 Å². The first-order valence-corrected chi connectivity index (χ1v) is 9.44. The minimum absolute atomic E-state index is 0.0101. The summed E-state index contributed by atoms with van der Waals surface area (Å²) in [5, 5.41) is 2.86. The van der Waals surface area contributed by atoms with Gasteiger partial charge in [0.1, 0.15) is 5.82 Å². The van der Waals surface area contributed by atoms with E-state index in [0.717, 1.165) is 11.8 Å². The topological polar surface area (TPSA) is 63.2 Å². The molecule has 24 heavy (non-hydrogen) atoms. The first-order valence-electron chi connectivity index (χ1n) is 7.55. The van der Waals surface area contributed by atoms with Gasteiger partial charge in [-0.3, -0.25) is 4.79 Å². The lowest BCUT2D eigenvalue weighted by molar-refractivity contribution is 0.0922. The number of sulfone groups is 1. The molecule has 0 aliphatic carbocycles. The van der Waals surface area contributed by atoms with Gasteiger partial charge in [0.15, 0.2) is 9.84 Å². The van der Waals surface area contributed by atoms with Gasteiger partial charge >= 0.3 is 0 Å². The van der Waals surface area contributed by atoms with E-state index in [9.17, 15) is 17.6 Å². The molecule has 1 atom stereocenters. The SMILES string of the molecule is CC(C)[C@H](NC(=O)c1ccccc1S(C)(=O)=O)c1ccc(F)cc1. The van der Waals surface area contributed by atoms with Crippen LogP contribution in [0.1, 0.15) is 35.8 Å². The van der Waals surface area contributed by atoms with Crippen LogP contribution < -0.4 is 5.32 Å². The standard InChI is InChI=1S/C18H20FNO3S/c1-12(2)17(13-8-10-14(19)11-9-13)20-18(21)15-6-4-5-7-16(15)24(3,22)23/h4-12,17H,1-3H3,(H,20,21)/t17-/m0/s1. The zero-order valence-corrected chi connectivity index (χ0v) is 14.6. The molecular weight excluding hydrogens is 329 g/mol. The number of hydrogen-bond acceptors (Lipinski definition) is 3. The van der Waals surface area contributed by atoms with Crippen LogP contribution in [0.5, 0.6) is 0 Å². The van der Waals surface area contributed by atoms with Crippen LogP contribution in [0.4, 0.5) is 4.39 Å². The van der Waals surface area contributed by atoms with Gasteiger partial charge in [0.05, 0.1) is 16.5 Å². The van der Waals surface area contributed by atoms with Crippen molar-refractivity contribution in [2.75, 3.05) is 6.26 Å². The average Bonchev–Trinajstić information content (AvgIpc) is 2.52. The molecule has 128 valence electrons. The summed E-state index contributed by atoms with van der Waals surface area (Å²) in [6, 6.07) is 11.6. The number of carbonyl (C=O) groups excluding carboxylic acids is 1. The van der Waals surface area contributed by atoms with Gasteiger partial charge in [-0.05, 0) is 35.7 Å². The molecular formula is C18H20FNO3S. The van der Waals surface area contributed by atoms with E-state index < -0.39 is 15.7 Å². The summed E-state index contributed by atoms with van der Waals surface area (Å²) in [5.74, 6) is -0.779. The fraction of sp³-hybridized carbons (Fsp3) is 0.278. The molecule has 0 heterocycles. The maximum Gasteiger partial charge on any atom is 0.253 e. The number of benzene rings is 2. The molecule has 0 aromatic heterocycles. The van der Waals surface area contributed by atoms with E-state index in [0.29, 0.717) is 0 Å². The second kappa shape index (κ2) is 7.13. The van der Waals surface area contributed by atoms with E-state index in [1.807, 2.05) is 13.8 Å². The molecule has 0 aliphatic rings. The second-order valence-electron chi connectivity index (χ2n) is 6.02. The average molecular weight is 349 g/mol. The third-order valence-electron chi connectivity index (χ3n) is 3.71. The fourth-order valence-electron chi connectivity index (χ4n) is 2.50. The lowest BCUT2D eigenvalue weighted by Crippen LogP contribution is -2.32. The van der Waals surface area contributed by atoms with Crippen LogP contribution in [0.2, 0.25) is 0 Å². The number of nitrogens with one attached hydrogen (secondary N) is 1. The van der Waals surface area contributed by atoms with Crippen molar-refractivity contribution in [3.05, 3.63) is 65.5 Å².